The largest absolute Gasteiger partial charge is 0.481 e. The molecule has 1 atom stereocenters. The van der Waals surface area contributed by atoms with Crippen molar-refractivity contribution in [1.82, 2.24) is 5.32 Å². The van der Waals surface area contributed by atoms with Crippen LogP contribution in [0.5, 0.6) is 0 Å². The molecule has 1 saturated heterocycles. The van der Waals surface area contributed by atoms with Crippen LogP contribution < -0.4 is 10.6 Å². The SMILES string of the molecule is O=C(O)CC1(NC(=O)c2ccc(NC3CC3)c([N+](=O)[O-])c2)CCOC1. The Morgan fingerprint density at radius 3 is 2.72 bits per heavy atom. The smallest absolute Gasteiger partial charge is 0.305 e. The molecule has 1 aliphatic heterocycles. The van der Waals surface area contributed by atoms with E-state index in [1.807, 2.05) is 0 Å². The van der Waals surface area contributed by atoms with Crippen molar-refractivity contribution in [2.24, 2.45) is 0 Å². The number of amides is 1. The average molecular weight is 349 g/mol. The number of ether oxygens (including phenoxy) is 1. The van der Waals surface area contributed by atoms with E-state index in [4.69, 9.17) is 9.84 Å². The minimum absolute atomic E-state index is 0.106. The highest BCUT2D eigenvalue weighted by molar-refractivity contribution is 5.96. The van der Waals surface area contributed by atoms with Crippen LogP contribution in [0.25, 0.3) is 0 Å². The van der Waals surface area contributed by atoms with E-state index in [2.05, 4.69) is 10.6 Å². The van der Waals surface area contributed by atoms with Gasteiger partial charge in [-0.3, -0.25) is 19.7 Å². The van der Waals surface area contributed by atoms with Crippen molar-refractivity contribution in [2.45, 2.75) is 37.3 Å². The summed E-state index contributed by atoms with van der Waals surface area (Å²) in [6, 6.07) is 4.47. The molecule has 1 aromatic carbocycles. The minimum Gasteiger partial charge on any atom is -0.481 e. The van der Waals surface area contributed by atoms with E-state index in [1.54, 1.807) is 0 Å². The van der Waals surface area contributed by atoms with Gasteiger partial charge in [0.2, 0.25) is 0 Å². The van der Waals surface area contributed by atoms with Crippen LogP contribution in [-0.2, 0) is 9.53 Å². The second-order valence-corrected chi connectivity index (χ2v) is 6.52. The molecule has 1 amide bonds. The van der Waals surface area contributed by atoms with E-state index in [0.717, 1.165) is 12.8 Å². The number of nitro benzene ring substituents is 1. The summed E-state index contributed by atoms with van der Waals surface area (Å²) < 4.78 is 5.23. The molecule has 1 heterocycles. The summed E-state index contributed by atoms with van der Waals surface area (Å²) in [5.41, 5.74) is -0.657. The number of carboxylic acid groups (broad SMARTS) is 1. The number of carbonyl (C=O) groups is 2. The van der Waals surface area contributed by atoms with Crippen molar-refractivity contribution in [2.75, 3.05) is 18.5 Å². The number of aliphatic carboxylic acids is 1. The van der Waals surface area contributed by atoms with Crippen LogP contribution in [0.2, 0.25) is 0 Å². The van der Waals surface area contributed by atoms with E-state index >= 15 is 0 Å². The Labute approximate surface area is 143 Å². The maximum Gasteiger partial charge on any atom is 0.305 e. The molecule has 9 nitrogen and oxygen atoms in total. The molecule has 9 heteroatoms. The number of benzene rings is 1. The van der Waals surface area contributed by atoms with E-state index in [1.165, 1.54) is 18.2 Å². The van der Waals surface area contributed by atoms with Gasteiger partial charge in [0, 0.05) is 24.3 Å². The summed E-state index contributed by atoms with van der Waals surface area (Å²) in [7, 11) is 0. The van der Waals surface area contributed by atoms with Gasteiger partial charge in [0.1, 0.15) is 5.69 Å². The molecule has 1 saturated carbocycles. The Hall–Kier alpha value is -2.68. The van der Waals surface area contributed by atoms with E-state index in [0.29, 0.717) is 18.7 Å². The normalized spacial score (nSPS) is 22.4. The van der Waals surface area contributed by atoms with Gasteiger partial charge in [-0.15, -0.1) is 0 Å². The van der Waals surface area contributed by atoms with Gasteiger partial charge in [-0.25, -0.2) is 0 Å². The van der Waals surface area contributed by atoms with Crippen LogP contribution in [0, 0.1) is 10.1 Å². The number of nitrogens with one attached hydrogen (secondary N) is 2. The minimum atomic E-state index is -1.04. The molecule has 25 heavy (non-hydrogen) atoms. The number of rotatable bonds is 7. The van der Waals surface area contributed by atoms with Gasteiger partial charge in [0.25, 0.3) is 11.6 Å². The second kappa shape index (κ2) is 6.67. The highest BCUT2D eigenvalue weighted by Crippen LogP contribution is 2.32. The average Bonchev–Trinajstić information content (AvgIpc) is 3.25. The van der Waals surface area contributed by atoms with Crippen molar-refractivity contribution >= 4 is 23.3 Å². The van der Waals surface area contributed by atoms with Crippen LogP contribution in [0.3, 0.4) is 0 Å². The number of hydrogen-bond donors (Lipinski definition) is 3. The fraction of sp³-hybridized carbons (Fsp3) is 0.500. The lowest BCUT2D eigenvalue weighted by atomic mass is 9.93. The molecule has 3 rings (SSSR count). The molecule has 0 spiro atoms. The zero-order chi connectivity index (χ0) is 18.0. The lowest BCUT2D eigenvalue weighted by Crippen LogP contribution is -2.50. The Morgan fingerprint density at radius 2 is 2.16 bits per heavy atom. The molecule has 1 unspecified atom stereocenters. The molecule has 2 aliphatic rings. The topological polar surface area (TPSA) is 131 Å². The van der Waals surface area contributed by atoms with Crippen molar-refractivity contribution in [3.63, 3.8) is 0 Å². The van der Waals surface area contributed by atoms with Crippen molar-refractivity contribution in [1.29, 1.82) is 0 Å². The monoisotopic (exact) mass is 349 g/mol. The third kappa shape index (κ3) is 4.05. The molecule has 1 aromatic rings. The van der Waals surface area contributed by atoms with Crippen LogP contribution in [0.4, 0.5) is 11.4 Å². The summed E-state index contributed by atoms with van der Waals surface area (Å²) in [6.07, 6.45) is 2.06. The van der Waals surface area contributed by atoms with Gasteiger partial charge in [0.05, 0.1) is 23.5 Å². The third-order valence-electron chi connectivity index (χ3n) is 4.37. The molecule has 0 radical (unpaired) electrons. The summed E-state index contributed by atoms with van der Waals surface area (Å²) in [6.45, 7) is 0.465. The van der Waals surface area contributed by atoms with Gasteiger partial charge in [-0.05, 0) is 31.4 Å². The number of nitro groups is 1. The number of anilines is 1. The molecule has 1 aliphatic carbocycles. The second-order valence-electron chi connectivity index (χ2n) is 6.52. The molecule has 2 fully saturated rings. The van der Waals surface area contributed by atoms with Crippen molar-refractivity contribution in [3.05, 3.63) is 33.9 Å². The fourth-order valence-corrected chi connectivity index (χ4v) is 2.89. The van der Waals surface area contributed by atoms with Crippen LogP contribution >= 0.6 is 0 Å². The number of nitrogens with zero attached hydrogens (tertiary/aromatic N) is 1. The zero-order valence-electron chi connectivity index (χ0n) is 13.5. The first-order valence-electron chi connectivity index (χ1n) is 8.06. The van der Waals surface area contributed by atoms with Crippen LogP contribution in [0.1, 0.15) is 36.0 Å². The predicted octanol–water partition coefficient (Wildman–Crippen LogP) is 1.53. The first-order chi connectivity index (χ1) is 11.9. The molecule has 134 valence electrons. The van der Waals surface area contributed by atoms with E-state index in [9.17, 15) is 19.7 Å². The number of carboxylic acids is 1. The molecule has 3 N–H and O–H groups in total. The summed E-state index contributed by atoms with van der Waals surface area (Å²) in [5.74, 6) is -1.59. The fourth-order valence-electron chi connectivity index (χ4n) is 2.89. The predicted molar refractivity (Wildman–Crippen MR) is 87.6 cm³/mol. The standard InChI is InChI=1S/C16H19N3O6/c20-14(21)8-16(5-6-25-9-16)18-15(22)10-1-4-12(17-11-2-3-11)13(7-10)19(23)24/h1,4,7,11,17H,2-3,5-6,8-9H2,(H,18,22)(H,20,21). The van der Waals surface area contributed by atoms with Gasteiger partial charge in [-0.2, -0.15) is 0 Å². The van der Waals surface area contributed by atoms with Crippen LogP contribution in [-0.4, -0.2) is 46.7 Å². The Bertz CT molecular complexity index is 710. The quantitative estimate of drug-likeness (QED) is 0.502. The van der Waals surface area contributed by atoms with E-state index < -0.39 is 22.3 Å². The highest BCUT2D eigenvalue weighted by Gasteiger charge is 2.39. The summed E-state index contributed by atoms with van der Waals surface area (Å²) in [5, 5.41) is 26.1. The Morgan fingerprint density at radius 1 is 1.40 bits per heavy atom. The maximum absolute atomic E-state index is 12.5. The third-order valence-corrected chi connectivity index (χ3v) is 4.37. The summed E-state index contributed by atoms with van der Waals surface area (Å²) >= 11 is 0. The maximum atomic E-state index is 12.5. The van der Waals surface area contributed by atoms with Crippen molar-refractivity contribution < 1.29 is 24.4 Å². The number of hydrogen-bond acceptors (Lipinski definition) is 6. The molecule has 0 aromatic heterocycles. The molecular weight excluding hydrogens is 330 g/mol. The van der Waals surface area contributed by atoms with Gasteiger partial charge in [0.15, 0.2) is 0 Å². The summed E-state index contributed by atoms with van der Waals surface area (Å²) in [4.78, 5) is 34.3. The first kappa shape index (κ1) is 17.2. The lowest BCUT2D eigenvalue weighted by Gasteiger charge is -2.27. The Balaban J connectivity index is 1.80. The Kier molecular flexibility index (Phi) is 4.58. The number of carbonyl (C=O) groups excluding carboxylic acids is 1. The van der Waals surface area contributed by atoms with Gasteiger partial charge < -0.3 is 20.5 Å². The zero-order valence-corrected chi connectivity index (χ0v) is 13.5. The molecule has 0 bridgehead atoms. The highest BCUT2D eigenvalue weighted by atomic mass is 16.6. The lowest BCUT2D eigenvalue weighted by molar-refractivity contribution is -0.384. The molecular formula is C16H19N3O6. The van der Waals surface area contributed by atoms with Gasteiger partial charge in [-0.1, -0.05) is 0 Å². The van der Waals surface area contributed by atoms with Gasteiger partial charge >= 0.3 is 5.97 Å². The van der Waals surface area contributed by atoms with E-state index in [-0.39, 0.29) is 30.3 Å². The van der Waals surface area contributed by atoms with Crippen LogP contribution in [0.15, 0.2) is 18.2 Å². The first-order valence-corrected chi connectivity index (χ1v) is 8.06. The van der Waals surface area contributed by atoms with Crippen molar-refractivity contribution in [3.8, 4) is 0 Å².